The van der Waals surface area contributed by atoms with E-state index in [4.69, 9.17) is 9.47 Å². The largest absolute Gasteiger partial charge is 0.493 e. The number of hydrogen-bond donors (Lipinski definition) is 1. The number of rotatable bonds is 6. The van der Waals surface area contributed by atoms with Crippen LogP contribution in [0.15, 0.2) is 36.4 Å². The number of nitrogens with one attached hydrogen (secondary N) is 1. The van der Waals surface area contributed by atoms with Crippen molar-refractivity contribution < 1.29 is 27.8 Å². The van der Waals surface area contributed by atoms with Gasteiger partial charge in [-0.1, -0.05) is 0 Å². The normalized spacial score (nSPS) is 14.0. The highest BCUT2D eigenvalue weighted by Gasteiger charge is 2.22. The molecule has 2 aromatic rings. The van der Waals surface area contributed by atoms with E-state index in [0.29, 0.717) is 17.6 Å². The first-order valence-electron chi connectivity index (χ1n) is 8.63. The fourth-order valence-corrected chi connectivity index (χ4v) is 3.00. The Hall–Kier alpha value is -2.96. The van der Waals surface area contributed by atoms with Crippen LogP contribution in [0.25, 0.3) is 0 Å². The molecule has 1 amide bonds. The van der Waals surface area contributed by atoms with Crippen LogP contribution in [0.1, 0.15) is 36.0 Å². The number of ether oxygens (including phenoxy) is 2. The van der Waals surface area contributed by atoms with Gasteiger partial charge in [0.2, 0.25) is 0 Å². The third-order valence-electron chi connectivity index (χ3n) is 4.41. The average molecular weight is 375 g/mol. The second-order valence-corrected chi connectivity index (χ2v) is 6.30. The van der Waals surface area contributed by atoms with Crippen molar-refractivity contribution in [2.24, 2.45) is 0 Å². The maximum atomic E-state index is 13.7. The number of halogens is 2. The molecule has 0 saturated heterocycles. The lowest BCUT2D eigenvalue weighted by Gasteiger charge is -2.16. The molecule has 0 aliphatic heterocycles. The molecule has 1 N–H and O–H groups in total. The van der Waals surface area contributed by atoms with Crippen molar-refractivity contribution in [1.29, 1.82) is 0 Å². The first-order valence-corrected chi connectivity index (χ1v) is 8.63. The molecule has 0 heterocycles. The van der Waals surface area contributed by atoms with Crippen LogP contribution in [0, 0.1) is 11.6 Å². The number of benzene rings is 2. The zero-order valence-electron chi connectivity index (χ0n) is 14.8. The summed E-state index contributed by atoms with van der Waals surface area (Å²) >= 11 is 0. The summed E-state index contributed by atoms with van der Waals surface area (Å²) in [5.41, 5.74) is -0.186. The second kappa shape index (κ2) is 8.16. The van der Waals surface area contributed by atoms with E-state index in [1.54, 1.807) is 6.07 Å². The van der Waals surface area contributed by atoms with Crippen LogP contribution in [0.4, 0.5) is 14.5 Å². The van der Waals surface area contributed by atoms with Crippen LogP contribution in [0.2, 0.25) is 0 Å². The Bertz CT molecular complexity index is 863. The van der Waals surface area contributed by atoms with Crippen molar-refractivity contribution >= 4 is 17.4 Å². The van der Waals surface area contributed by atoms with Crippen LogP contribution in [0.5, 0.6) is 11.5 Å². The Morgan fingerprint density at radius 3 is 2.44 bits per heavy atom. The molecule has 1 aliphatic carbocycles. The van der Waals surface area contributed by atoms with E-state index in [0.717, 1.165) is 37.8 Å². The van der Waals surface area contributed by atoms with Crippen LogP contribution < -0.4 is 14.8 Å². The minimum Gasteiger partial charge on any atom is -0.493 e. The van der Waals surface area contributed by atoms with E-state index >= 15 is 0 Å². The van der Waals surface area contributed by atoms with Gasteiger partial charge in [-0.2, -0.15) is 0 Å². The Morgan fingerprint density at radius 2 is 1.78 bits per heavy atom. The SMILES string of the molecule is COc1ccc(C(=O)C(=O)Nc2ccc(F)cc2F)cc1OC1CCCC1. The van der Waals surface area contributed by atoms with E-state index in [9.17, 15) is 18.4 Å². The van der Waals surface area contributed by atoms with E-state index in [2.05, 4.69) is 5.32 Å². The van der Waals surface area contributed by atoms with Gasteiger partial charge in [-0.15, -0.1) is 0 Å². The van der Waals surface area contributed by atoms with Gasteiger partial charge in [-0.05, 0) is 56.0 Å². The summed E-state index contributed by atoms with van der Waals surface area (Å²) in [4.78, 5) is 24.6. The van der Waals surface area contributed by atoms with Gasteiger partial charge in [0, 0.05) is 11.6 Å². The molecule has 0 unspecified atom stereocenters. The van der Waals surface area contributed by atoms with E-state index in [1.807, 2.05) is 0 Å². The standard InChI is InChI=1S/C20H19F2NO4/c1-26-17-9-6-12(10-18(17)27-14-4-2-3-5-14)19(24)20(25)23-16-8-7-13(21)11-15(16)22/h6-11,14H,2-5H2,1H3,(H,23,25). The third-order valence-corrected chi connectivity index (χ3v) is 4.41. The van der Waals surface area contributed by atoms with Gasteiger partial charge >= 0.3 is 0 Å². The lowest BCUT2D eigenvalue weighted by Crippen LogP contribution is -2.23. The molecular weight excluding hydrogens is 356 g/mol. The monoisotopic (exact) mass is 375 g/mol. The second-order valence-electron chi connectivity index (χ2n) is 6.30. The van der Waals surface area contributed by atoms with Gasteiger partial charge < -0.3 is 14.8 Å². The molecule has 0 radical (unpaired) electrons. The number of carbonyl (C=O) groups excluding carboxylic acids is 2. The van der Waals surface area contributed by atoms with E-state index < -0.39 is 23.3 Å². The van der Waals surface area contributed by atoms with Crippen molar-refractivity contribution in [2.75, 3.05) is 12.4 Å². The molecule has 0 spiro atoms. The average Bonchev–Trinajstić information content (AvgIpc) is 3.16. The number of hydrogen-bond acceptors (Lipinski definition) is 4. The summed E-state index contributed by atoms with van der Waals surface area (Å²) in [6, 6.07) is 7.09. The van der Waals surface area contributed by atoms with Crippen molar-refractivity contribution in [3.05, 3.63) is 53.6 Å². The van der Waals surface area contributed by atoms with E-state index in [-0.39, 0.29) is 17.4 Å². The topological polar surface area (TPSA) is 64.6 Å². The van der Waals surface area contributed by atoms with Crippen molar-refractivity contribution in [3.8, 4) is 11.5 Å². The molecule has 0 aromatic heterocycles. The fourth-order valence-electron chi connectivity index (χ4n) is 3.00. The summed E-state index contributed by atoms with van der Waals surface area (Å²) in [5.74, 6) is -2.79. The maximum absolute atomic E-state index is 13.7. The molecule has 142 valence electrons. The molecule has 7 heteroatoms. The van der Waals surface area contributed by atoms with Crippen LogP contribution in [-0.2, 0) is 4.79 Å². The van der Waals surface area contributed by atoms with Gasteiger partial charge in [0.25, 0.3) is 11.7 Å². The zero-order chi connectivity index (χ0) is 19.4. The number of ketones is 1. The molecular formula is C20H19F2NO4. The summed E-state index contributed by atoms with van der Waals surface area (Å²) in [6.07, 6.45) is 4.05. The molecule has 1 fully saturated rings. The predicted molar refractivity (Wildman–Crippen MR) is 95.2 cm³/mol. The highest BCUT2D eigenvalue weighted by Crippen LogP contribution is 2.32. The Morgan fingerprint density at radius 1 is 1.04 bits per heavy atom. The van der Waals surface area contributed by atoms with Gasteiger partial charge in [0.05, 0.1) is 18.9 Å². The molecule has 27 heavy (non-hydrogen) atoms. The van der Waals surface area contributed by atoms with E-state index in [1.165, 1.54) is 19.2 Å². The number of carbonyl (C=O) groups is 2. The van der Waals surface area contributed by atoms with Gasteiger partial charge in [0.1, 0.15) is 11.6 Å². The lowest BCUT2D eigenvalue weighted by molar-refractivity contribution is -0.112. The quantitative estimate of drug-likeness (QED) is 0.609. The minimum absolute atomic E-state index is 0.0476. The lowest BCUT2D eigenvalue weighted by atomic mass is 10.1. The molecule has 5 nitrogen and oxygen atoms in total. The van der Waals surface area contributed by atoms with Gasteiger partial charge in [-0.3, -0.25) is 9.59 Å². The third kappa shape index (κ3) is 4.42. The maximum Gasteiger partial charge on any atom is 0.296 e. The highest BCUT2D eigenvalue weighted by atomic mass is 19.1. The first-order chi connectivity index (χ1) is 13.0. The number of anilines is 1. The van der Waals surface area contributed by atoms with Crippen LogP contribution >= 0.6 is 0 Å². The summed E-state index contributed by atoms with van der Waals surface area (Å²) < 4.78 is 37.8. The molecule has 3 rings (SSSR count). The molecule has 0 bridgehead atoms. The Labute approximate surface area is 155 Å². The summed E-state index contributed by atoms with van der Waals surface area (Å²) in [6.45, 7) is 0. The first kappa shape index (κ1) is 18.8. The summed E-state index contributed by atoms with van der Waals surface area (Å²) in [7, 11) is 1.49. The zero-order valence-corrected chi connectivity index (χ0v) is 14.8. The minimum atomic E-state index is -1.03. The summed E-state index contributed by atoms with van der Waals surface area (Å²) in [5, 5.41) is 2.15. The number of methoxy groups -OCH3 is 1. The number of Topliss-reactive ketones (excluding diaryl/α,β-unsaturated/α-hetero) is 1. The van der Waals surface area contributed by atoms with Crippen molar-refractivity contribution in [3.63, 3.8) is 0 Å². The van der Waals surface area contributed by atoms with Crippen LogP contribution in [-0.4, -0.2) is 24.9 Å². The molecule has 0 atom stereocenters. The number of amides is 1. The van der Waals surface area contributed by atoms with Gasteiger partial charge in [0.15, 0.2) is 11.5 Å². The fraction of sp³-hybridized carbons (Fsp3) is 0.300. The van der Waals surface area contributed by atoms with Crippen molar-refractivity contribution in [1.82, 2.24) is 0 Å². The van der Waals surface area contributed by atoms with Crippen molar-refractivity contribution in [2.45, 2.75) is 31.8 Å². The van der Waals surface area contributed by atoms with Gasteiger partial charge in [-0.25, -0.2) is 8.78 Å². The molecule has 2 aromatic carbocycles. The smallest absolute Gasteiger partial charge is 0.296 e. The van der Waals surface area contributed by atoms with Crippen LogP contribution in [0.3, 0.4) is 0 Å². The molecule has 1 aliphatic rings. The Balaban J connectivity index is 1.77. The highest BCUT2D eigenvalue weighted by molar-refractivity contribution is 6.46. The predicted octanol–water partition coefficient (Wildman–Crippen LogP) is 4.12. The Kier molecular flexibility index (Phi) is 5.69. The molecule has 1 saturated carbocycles.